The van der Waals surface area contributed by atoms with Crippen molar-refractivity contribution < 1.29 is 8.85 Å². The summed E-state index contributed by atoms with van der Waals surface area (Å²) in [5.41, 5.74) is 0. The number of hydrogen-bond donors (Lipinski definition) is 1. The van der Waals surface area contributed by atoms with Gasteiger partial charge in [-0.3, -0.25) is 0 Å². The molecule has 0 heterocycles. The Morgan fingerprint density at radius 3 is 1.93 bits per heavy atom. The molecule has 84 valence electrons. The molecule has 0 fully saturated rings. The van der Waals surface area contributed by atoms with Crippen molar-refractivity contribution in [2.45, 2.75) is 24.6 Å². The molecule has 0 bridgehead atoms. The lowest BCUT2D eigenvalue weighted by Gasteiger charge is -2.16. The summed E-state index contributed by atoms with van der Waals surface area (Å²) in [6.45, 7) is 8.86. The van der Waals surface area contributed by atoms with Crippen molar-refractivity contribution in [3.8, 4) is 0 Å². The van der Waals surface area contributed by atoms with Crippen molar-refractivity contribution >= 4 is 21.9 Å². The Bertz CT molecular complexity index is 132. The summed E-state index contributed by atoms with van der Waals surface area (Å²) in [6.07, 6.45) is 5.51. The molecular formula is C10H22O2SSi. The molecule has 0 rings (SSSR count). The highest BCUT2D eigenvalue weighted by molar-refractivity contribution is 7.82. The lowest BCUT2D eigenvalue weighted by atomic mass is 10.4. The summed E-state index contributed by atoms with van der Waals surface area (Å²) in [5, 5.41) is 0. The second-order valence-electron chi connectivity index (χ2n) is 2.67. The van der Waals surface area contributed by atoms with Gasteiger partial charge < -0.3 is 8.85 Å². The van der Waals surface area contributed by atoms with E-state index in [9.17, 15) is 0 Å². The highest BCUT2D eigenvalue weighted by Gasteiger charge is 2.18. The first kappa shape index (κ1) is 16.4. The van der Waals surface area contributed by atoms with Crippen molar-refractivity contribution in [3.05, 3.63) is 25.3 Å². The average molecular weight is 234 g/mol. The van der Waals surface area contributed by atoms with Gasteiger partial charge in [-0.05, 0) is 6.42 Å². The van der Waals surface area contributed by atoms with Crippen LogP contribution in [0.4, 0.5) is 0 Å². The molecule has 1 unspecified atom stereocenters. The Labute approximate surface area is 95.3 Å². The van der Waals surface area contributed by atoms with Crippen LogP contribution in [0.25, 0.3) is 0 Å². The second kappa shape index (κ2) is 13.0. The fourth-order valence-electron chi connectivity index (χ4n) is 0.842. The molecule has 0 saturated heterocycles. The fourth-order valence-corrected chi connectivity index (χ4v) is 3.26. The lowest BCUT2D eigenvalue weighted by molar-refractivity contribution is 0.274. The third-order valence-electron chi connectivity index (χ3n) is 1.53. The molecule has 0 spiro atoms. The van der Waals surface area contributed by atoms with Gasteiger partial charge in [-0.1, -0.05) is 38.7 Å². The Hall–Kier alpha value is -0.0331. The summed E-state index contributed by atoms with van der Waals surface area (Å²) >= 11 is 4.38. The van der Waals surface area contributed by atoms with Crippen LogP contribution in [0, 0.1) is 0 Å². The molecule has 0 aromatic carbocycles. The van der Waals surface area contributed by atoms with E-state index in [0.29, 0.717) is 4.87 Å². The first-order chi connectivity index (χ1) is 6.67. The van der Waals surface area contributed by atoms with Gasteiger partial charge in [-0.25, -0.2) is 0 Å². The molecule has 0 aliphatic rings. The molecule has 14 heavy (non-hydrogen) atoms. The van der Waals surface area contributed by atoms with Gasteiger partial charge in [0.15, 0.2) is 0 Å². The second-order valence-corrected chi connectivity index (χ2v) is 6.38. The van der Waals surface area contributed by atoms with Crippen molar-refractivity contribution in [1.82, 2.24) is 0 Å². The monoisotopic (exact) mass is 234 g/mol. The fraction of sp³-hybridized carbons (Fsp3) is 0.600. The Kier molecular flexibility index (Phi) is 15.2. The number of hydrogen-bond acceptors (Lipinski definition) is 3. The van der Waals surface area contributed by atoms with Gasteiger partial charge in [0.1, 0.15) is 0 Å². The SMILES string of the molecule is C=CC=C.CCCC(S)[SiH](OC)OC. The maximum atomic E-state index is 5.15. The molecule has 0 radical (unpaired) electrons. The maximum absolute atomic E-state index is 5.15. The third-order valence-corrected chi connectivity index (χ3v) is 4.41. The molecule has 1 atom stereocenters. The molecule has 4 heteroatoms. The first-order valence-electron chi connectivity index (χ1n) is 4.64. The standard InChI is InChI=1S/C6H16O2SSi.C4H6/c1-4-5-6(9)10(7-2)8-3;1-3-4-2/h6,9-10H,4-5H2,1-3H3;3-4H,1-2H2. The normalized spacial score (nSPS) is 11.5. The van der Waals surface area contributed by atoms with Crippen LogP contribution in [0.5, 0.6) is 0 Å². The molecule has 2 nitrogen and oxygen atoms in total. The van der Waals surface area contributed by atoms with Crippen LogP contribution >= 0.6 is 12.6 Å². The largest absolute Gasteiger partial charge is 0.399 e. The van der Waals surface area contributed by atoms with Gasteiger partial charge in [-0.2, -0.15) is 12.6 Å². The van der Waals surface area contributed by atoms with Gasteiger partial charge in [0.25, 0.3) is 0 Å². The van der Waals surface area contributed by atoms with E-state index in [-0.39, 0.29) is 0 Å². The zero-order valence-corrected chi connectivity index (χ0v) is 11.5. The van der Waals surface area contributed by atoms with Crippen LogP contribution in [0.3, 0.4) is 0 Å². The molecule has 0 saturated carbocycles. The first-order valence-corrected chi connectivity index (χ1v) is 6.77. The third kappa shape index (κ3) is 10.1. The Morgan fingerprint density at radius 1 is 1.29 bits per heavy atom. The summed E-state index contributed by atoms with van der Waals surface area (Å²) in [6, 6.07) is 0. The minimum Gasteiger partial charge on any atom is -0.399 e. The van der Waals surface area contributed by atoms with Crippen LogP contribution in [-0.2, 0) is 8.85 Å². The predicted octanol–water partition coefficient (Wildman–Crippen LogP) is 2.50. The molecule has 0 N–H and O–H groups in total. The minimum atomic E-state index is -1.44. The lowest BCUT2D eigenvalue weighted by Crippen LogP contribution is -2.31. The van der Waals surface area contributed by atoms with Crippen molar-refractivity contribution in [3.63, 3.8) is 0 Å². The average Bonchev–Trinajstić information content (AvgIpc) is 2.20. The van der Waals surface area contributed by atoms with E-state index < -0.39 is 9.28 Å². The van der Waals surface area contributed by atoms with Gasteiger partial charge in [0, 0.05) is 19.1 Å². The molecule has 0 aliphatic carbocycles. The summed E-state index contributed by atoms with van der Waals surface area (Å²) in [4.78, 5) is 0.333. The summed E-state index contributed by atoms with van der Waals surface area (Å²) < 4.78 is 10.3. The zero-order chi connectivity index (χ0) is 11.4. The van der Waals surface area contributed by atoms with Crippen LogP contribution < -0.4 is 0 Å². The number of thiol groups is 1. The van der Waals surface area contributed by atoms with Crippen molar-refractivity contribution in [2.75, 3.05) is 14.2 Å². The molecule has 0 amide bonds. The van der Waals surface area contributed by atoms with Gasteiger partial charge in [0.2, 0.25) is 0 Å². The van der Waals surface area contributed by atoms with E-state index in [2.05, 4.69) is 32.7 Å². The topological polar surface area (TPSA) is 18.5 Å². The van der Waals surface area contributed by atoms with Crippen LogP contribution in [0.1, 0.15) is 19.8 Å². The summed E-state index contributed by atoms with van der Waals surface area (Å²) in [7, 11) is 1.95. The number of allylic oxidation sites excluding steroid dienone is 2. The zero-order valence-electron chi connectivity index (χ0n) is 9.40. The highest BCUT2D eigenvalue weighted by atomic mass is 32.1. The molecular weight excluding hydrogens is 212 g/mol. The van der Waals surface area contributed by atoms with E-state index in [1.165, 1.54) is 0 Å². The van der Waals surface area contributed by atoms with Crippen molar-refractivity contribution in [2.24, 2.45) is 0 Å². The Balaban J connectivity index is 0. The van der Waals surface area contributed by atoms with E-state index >= 15 is 0 Å². The number of rotatable bonds is 6. The highest BCUT2D eigenvalue weighted by Crippen LogP contribution is 2.09. The van der Waals surface area contributed by atoms with Crippen LogP contribution in [0.15, 0.2) is 25.3 Å². The molecule has 0 aliphatic heterocycles. The smallest absolute Gasteiger partial charge is 0.334 e. The predicted molar refractivity (Wildman–Crippen MR) is 69.2 cm³/mol. The minimum absolute atomic E-state index is 0.333. The van der Waals surface area contributed by atoms with Crippen LogP contribution in [0.2, 0.25) is 0 Å². The summed E-state index contributed by atoms with van der Waals surface area (Å²) in [5.74, 6) is 0. The molecule has 0 aromatic rings. The van der Waals surface area contributed by atoms with Gasteiger partial charge in [0.05, 0.1) is 0 Å². The van der Waals surface area contributed by atoms with Crippen LogP contribution in [-0.4, -0.2) is 28.4 Å². The Morgan fingerprint density at radius 2 is 1.71 bits per heavy atom. The van der Waals surface area contributed by atoms with E-state index in [4.69, 9.17) is 8.85 Å². The van der Waals surface area contributed by atoms with Gasteiger partial charge >= 0.3 is 9.28 Å². The van der Waals surface area contributed by atoms with E-state index in [1.807, 2.05) is 0 Å². The van der Waals surface area contributed by atoms with E-state index in [1.54, 1.807) is 26.4 Å². The van der Waals surface area contributed by atoms with E-state index in [0.717, 1.165) is 12.8 Å². The molecule has 0 aromatic heterocycles. The van der Waals surface area contributed by atoms with Gasteiger partial charge in [-0.15, -0.1) is 0 Å². The maximum Gasteiger partial charge on any atom is 0.334 e. The quantitative estimate of drug-likeness (QED) is 0.432. The van der Waals surface area contributed by atoms with Crippen molar-refractivity contribution in [1.29, 1.82) is 0 Å².